The molecule has 1 amide bonds. The second-order valence-corrected chi connectivity index (χ2v) is 7.33. The van der Waals surface area contributed by atoms with Gasteiger partial charge in [-0.2, -0.15) is 0 Å². The van der Waals surface area contributed by atoms with Gasteiger partial charge in [-0.05, 0) is 65.4 Å². The maximum absolute atomic E-state index is 12.9. The molecule has 4 rings (SSSR count). The first-order chi connectivity index (χ1) is 14.2. The van der Waals surface area contributed by atoms with Crippen LogP contribution >= 0.6 is 11.8 Å². The van der Waals surface area contributed by atoms with E-state index in [4.69, 9.17) is 4.74 Å². The number of carbonyl (C=O) groups is 1. The summed E-state index contributed by atoms with van der Waals surface area (Å²) in [6, 6.07) is 23.1. The fourth-order valence-corrected chi connectivity index (χ4v) is 3.50. The second-order valence-electron chi connectivity index (χ2n) is 6.30. The number of halogens is 1. The largest absolute Gasteiger partial charge is 0.489 e. The number of carbonyl (C=O) groups excluding carboxylic acids is 1. The Morgan fingerprint density at radius 1 is 0.966 bits per heavy atom. The van der Waals surface area contributed by atoms with Gasteiger partial charge in [0.2, 0.25) is 0 Å². The number of hydrogen-bond donors (Lipinski definition) is 1. The van der Waals surface area contributed by atoms with E-state index in [1.54, 1.807) is 12.1 Å². The summed E-state index contributed by atoms with van der Waals surface area (Å²) in [5, 5.41) is 3.34. The quantitative estimate of drug-likeness (QED) is 0.588. The molecule has 144 valence electrons. The molecule has 0 atom stereocenters. The lowest BCUT2D eigenvalue weighted by Gasteiger charge is -2.06. The van der Waals surface area contributed by atoms with Gasteiger partial charge in [0.25, 0.3) is 5.91 Å². The Kier molecular flexibility index (Phi) is 5.72. The van der Waals surface area contributed by atoms with Gasteiger partial charge in [0, 0.05) is 0 Å². The highest BCUT2D eigenvalue weighted by Gasteiger charge is 2.23. The van der Waals surface area contributed by atoms with Crippen LogP contribution in [0.3, 0.4) is 0 Å². The number of thioether (sulfide) groups is 1. The third-order valence-electron chi connectivity index (χ3n) is 4.13. The molecule has 1 N–H and O–H groups in total. The fraction of sp³-hybridized carbons (Fsp3) is 0.0435. The normalized spacial score (nSPS) is 16.2. The lowest BCUT2D eigenvalue weighted by atomic mass is 10.2. The molecule has 3 aromatic carbocycles. The zero-order chi connectivity index (χ0) is 20.1. The molecule has 1 aliphatic heterocycles. The first-order valence-electron chi connectivity index (χ1n) is 8.98. The number of nitrogens with one attached hydrogen (secondary N) is 1. The first kappa shape index (κ1) is 19.0. The highest BCUT2D eigenvalue weighted by Crippen LogP contribution is 2.28. The molecule has 0 unspecified atom stereocenters. The van der Waals surface area contributed by atoms with Gasteiger partial charge in [-0.15, -0.1) is 0 Å². The van der Waals surface area contributed by atoms with Gasteiger partial charge in [0.1, 0.15) is 18.2 Å². The number of hydrogen-bond acceptors (Lipinski definition) is 4. The summed E-state index contributed by atoms with van der Waals surface area (Å²) in [5.41, 5.74) is 2.57. The summed E-state index contributed by atoms with van der Waals surface area (Å²) in [4.78, 5) is 17.2. The SMILES string of the molecule is O=C1NC(=Nc2ccccc2)S/C1=C/c1ccc(OCc2ccc(F)cc2)cc1. The average molecular weight is 404 g/mol. The minimum atomic E-state index is -0.267. The molecule has 0 spiro atoms. The Balaban J connectivity index is 1.40. The van der Waals surface area contributed by atoms with Crippen molar-refractivity contribution in [3.05, 3.63) is 101 Å². The number of amides is 1. The lowest BCUT2D eigenvalue weighted by Crippen LogP contribution is -2.19. The zero-order valence-corrected chi connectivity index (χ0v) is 16.2. The standard InChI is InChI=1S/C23H17FN2O2S/c24-18-10-6-17(7-11-18)15-28-20-12-8-16(9-13-20)14-21-22(27)26-23(29-21)25-19-4-2-1-3-5-19/h1-14H,15H2,(H,25,26,27)/b21-14+. The monoisotopic (exact) mass is 404 g/mol. The van der Waals surface area contributed by atoms with Gasteiger partial charge in [-0.1, -0.05) is 42.5 Å². The summed E-state index contributed by atoms with van der Waals surface area (Å²) in [7, 11) is 0. The fourth-order valence-electron chi connectivity index (χ4n) is 2.66. The number of benzene rings is 3. The number of aliphatic imine (C=N–C) groups is 1. The van der Waals surface area contributed by atoms with Crippen LogP contribution in [0.1, 0.15) is 11.1 Å². The van der Waals surface area contributed by atoms with Crippen LogP contribution in [0.2, 0.25) is 0 Å². The Labute approximate surface area is 172 Å². The molecule has 0 bridgehead atoms. The van der Waals surface area contributed by atoms with Gasteiger partial charge >= 0.3 is 0 Å². The van der Waals surface area contributed by atoms with Gasteiger partial charge in [-0.3, -0.25) is 4.79 Å². The molecule has 0 saturated carbocycles. The molecular weight excluding hydrogens is 387 g/mol. The predicted molar refractivity (Wildman–Crippen MR) is 114 cm³/mol. The van der Waals surface area contributed by atoms with Crippen LogP contribution < -0.4 is 10.1 Å². The van der Waals surface area contributed by atoms with Crippen molar-refractivity contribution >= 4 is 34.6 Å². The van der Waals surface area contributed by atoms with E-state index in [1.165, 1.54) is 23.9 Å². The third kappa shape index (κ3) is 5.12. The van der Waals surface area contributed by atoms with E-state index in [0.717, 1.165) is 16.8 Å². The van der Waals surface area contributed by atoms with E-state index in [2.05, 4.69) is 10.3 Å². The van der Waals surface area contributed by atoms with E-state index in [9.17, 15) is 9.18 Å². The van der Waals surface area contributed by atoms with Crippen molar-refractivity contribution < 1.29 is 13.9 Å². The van der Waals surface area contributed by atoms with Crippen molar-refractivity contribution in [2.45, 2.75) is 6.61 Å². The van der Waals surface area contributed by atoms with Crippen LogP contribution in [-0.4, -0.2) is 11.1 Å². The van der Waals surface area contributed by atoms with Crippen LogP contribution in [-0.2, 0) is 11.4 Å². The van der Waals surface area contributed by atoms with Crippen molar-refractivity contribution in [3.63, 3.8) is 0 Å². The van der Waals surface area contributed by atoms with Crippen LogP contribution in [0.25, 0.3) is 6.08 Å². The van der Waals surface area contributed by atoms with Crippen LogP contribution in [0.4, 0.5) is 10.1 Å². The number of amidine groups is 1. The van der Waals surface area contributed by atoms with E-state index in [-0.39, 0.29) is 11.7 Å². The summed E-state index contributed by atoms with van der Waals surface area (Å²) in [6.07, 6.45) is 1.82. The summed E-state index contributed by atoms with van der Waals surface area (Å²) in [5.74, 6) is 0.268. The zero-order valence-electron chi connectivity index (χ0n) is 15.3. The molecule has 29 heavy (non-hydrogen) atoms. The topological polar surface area (TPSA) is 50.7 Å². The summed E-state index contributed by atoms with van der Waals surface area (Å²) < 4.78 is 18.7. The molecule has 1 saturated heterocycles. The lowest BCUT2D eigenvalue weighted by molar-refractivity contribution is -0.115. The molecule has 6 heteroatoms. The first-order valence-corrected chi connectivity index (χ1v) is 9.79. The van der Waals surface area contributed by atoms with E-state index in [1.807, 2.05) is 60.7 Å². The number of ether oxygens (including phenoxy) is 1. The van der Waals surface area contributed by atoms with Crippen molar-refractivity contribution in [2.75, 3.05) is 0 Å². The minimum Gasteiger partial charge on any atom is -0.489 e. The maximum Gasteiger partial charge on any atom is 0.264 e. The van der Waals surface area contributed by atoms with Crippen molar-refractivity contribution in [3.8, 4) is 5.75 Å². The molecule has 0 radical (unpaired) electrons. The smallest absolute Gasteiger partial charge is 0.264 e. The Morgan fingerprint density at radius 3 is 2.41 bits per heavy atom. The van der Waals surface area contributed by atoms with Gasteiger partial charge in [-0.25, -0.2) is 9.38 Å². The van der Waals surface area contributed by atoms with Crippen LogP contribution in [0.15, 0.2) is 88.8 Å². The average Bonchev–Trinajstić information content (AvgIpc) is 3.08. The molecule has 0 aromatic heterocycles. The summed E-state index contributed by atoms with van der Waals surface area (Å²) >= 11 is 1.31. The van der Waals surface area contributed by atoms with Crippen molar-refractivity contribution in [1.82, 2.24) is 5.32 Å². The predicted octanol–water partition coefficient (Wildman–Crippen LogP) is 5.30. The summed E-state index contributed by atoms with van der Waals surface area (Å²) in [6.45, 7) is 0.359. The van der Waals surface area contributed by atoms with E-state index in [0.29, 0.717) is 22.4 Å². The second kappa shape index (κ2) is 8.75. The van der Waals surface area contributed by atoms with Crippen molar-refractivity contribution in [1.29, 1.82) is 0 Å². The maximum atomic E-state index is 12.9. The Morgan fingerprint density at radius 2 is 1.69 bits per heavy atom. The highest BCUT2D eigenvalue weighted by molar-refractivity contribution is 8.18. The van der Waals surface area contributed by atoms with Crippen LogP contribution in [0.5, 0.6) is 5.75 Å². The Hall–Kier alpha value is -3.38. The van der Waals surface area contributed by atoms with Crippen molar-refractivity contribution in [2.24, 2.45) is 4.99 Å². The minimum absolute atomic E-state index is 0.165. The van der Waals surface area contributed by atoms with E-state index < -0.39 is 0 Å². The van der Waals surface area contributed by atoms with Gasteiger partial charge in [0.15, 0.2) is 5.17 Å². The number of rotatable bonds is 5. The highest BCUT2D eigenvalue weighted by atomic mass is 32.2. The van der Waals surface area contributed by atoms with E-state index >= 15 is 0 Å². The Bertz CT molecular complexity index is 1060. The van der Waals surface area contributed by atoms with Gasteiger partial charge < -0.3 is 10.1 Å². The number of para-hydroxylation sites is 1. The van der Waals surface area contributed by atoms with Gasteiger partial charge in [0.05, 0.1) is 10.6 Å². The van der Waals surface area contributed by atoms with Crippen LogP contribution in [0, 0.1) is 5.82 Å². The molecule has 0 aliphatic carbocycles. The molecule has 1 aliphatic rings. The molecular formula is C23H17FN2O2S. The third-order valence-corrected chi connectivity index (χ3v) is 5.04. The molecule has 1 fully saturated rings. The molecule has 1 heterocycles. The molecule has 3 aromatic rings. The molecule has 4 nitrogen and oxygen atoms in total. The number of nitrogens with zero attached hydrogens (tertiary/aromatic N) is 1.